The maximum absolute atomic E-state index is 14.0. The standard InChI is InChI=1S/C33H39F5N4O6S/c1-4-9-42(10-5-2)32(45)24-15-23(16-27(17-24)41-49(46,47)33(36,37)38)31(44)40-29(14-22-11-25(34)18-26(35)12-22)30(43)20-39-19-21-7-6-8-28(13-21)48-3/h6-8,11-13,15-18,29-30,39,41,43H,4-5,9-10,14,19-20H2,1-3H3,(H,40,44)/t29-,30+/m0/s1. The Labute approximate surface area is 281 Å². The molecule has 0 radical (unpaired) electrons. The molecule has 0 aliphatic carbocycles. The second-order valence-corrected chi connectivity index (χ2v) is 12.9. The molecule has 2 amide bonds. The Balaban J connectivity index is 1.97. The number of nitrogens with zero attached hydrogens (tertiary/aromatic N) is 1. The van der Waals surface area contributed by atoms with E-state index < -0.39 is 62.4 Å². The van der Waals surface area contributed by atoms with Gasteiger partial charge in [0.1, 0.15) is 17.4 Å². The van der Waals surface area contributed by atoms with Gasteiger partial charge in [0.25, 0.3) is 11.8 Å². The van der Waals surface area contributed by atoms with E-state index in [0.29, 0.717) is 24.7 Å². The molecule has 3 aromatic carbocycles. The van der Waals surface area contributed by atoms with Crippen LogP contribution in [0.5, 0.6) is 5.75 Å². The van der Waals surface area contributed by atoms with Crippen LogP contribution in [0.4, 0.5) is 27.6 Å². The van der Waals surface area contributed by atoms with Gasteiger partial charge in [-0.25, -0.2) is 8.78 Å². The average Bonchev–Trinajstić information content (AvgIpc) is 3.02. The number of hydrogen-bond acceptors (Lipinski definition) is 7. The molecule has 3 rings (SSSR count). The Hall–Kier alpha value is -4.28. The number of rotatable bonds is 17. The topological polar surface area (TPSA) is 137 Å². The highest BCUT2D eigenvalue weighted by Gasteiger charge is 2.46. The number of sulfonamides is 1. The van der Waals surface area contributed by atoms with Gasteiger partial charge in [0.15, 0.2) is 0 Å². The van der Waals surface area contributed by atoms with Crippen LogP contribution in [0.25, 0.3) is 0 Å². The Morgan fingerprint density at radius 2 is 1.55 bits per heavy atom. The van der Waals surface area contributed by atoms with Crippen LogP contribution in [0.3, 0.4) is 0 Å². The predicted molar refractivity (Wildman–Crippen MR) is 174 cm³/mol. The zero-order valence-electron chi connectivity index (χ0n) is 27.1. The van der Waals surface area contributed by atoms with Crippen LogP contribution in [0.15, 0.2) is 60.7 Å². The quantitative estimate of drug-likeness (QED) is 0.145. The van der Waals surface area contributed by atoms with E-state index in [4.69, 9.17) is 4.74 Å². The van der Waals surface area contributed by atoms with Crippen molar-refractivity contribution < 1.29 is 49.8 Å². The molecule has 0 fully saturated rings. The first-order valence-corrected chi connectivity index (χ1v) is 16.9. The number of alkyl halides is 3. The number of ether oxygens (including phenoxy) is 1. The van der Waals surface area contributed by atoms with Crippen molar-refractivity contribution in [1.29, 1.82) is 0 Å². The molecule has 0 spiro atoms. The number of hydrogen-bond donors (Lipinski definition) is 4. The maximum atomic E-state index is 14.0. The first-order chi connectivity index (χ1) is 23.1. The Morgan fingerprint density at radius 1 is 0.918 bits per heavy atom. The van der Waals surface area contributed by atoms with Crippen molar-refractivity contribution in [2.75, 3.05) is 31.5 Å². The highest BCUT2D eigenvalue weighted by Crippen LogP contribution is 2.27. The number of carbonyl (C=O) groups is 2. The van der Waals surface area contributed by atoms with Gasteiger partial charge < -0.3 is 25.4 Å². The molecule has 0 bridgehead atoms. The minimum Gasteiger partial charge on any atom is -0.497 e. The largest absolute Gasteiger partial charge is 0.516 e. The van der Waals surface area contributed by atoms with Crippen LogP contribution >= 0.6 is 0 Å². The monoisotopic (exact) mass is 714 g/mol. The van der Waals surface area contributed by atoms with Crippen LogP contribution < -0.4 is 20.1 Å². The smallest absolute Gasteiger partial charge is 0.497 e. The van der Waals surface area contributed by atoms with Gasteiger partial charge in [-0.1, -0.05) is 26.0 Å². The molecular weight excluding hydrogens is 675 g/mol. The van der Waals surface area contributed by atoms with Crippen molar-refractivity contribution in [3.63, 3.8) is 0 Å². The van der Waals surface area contributed by atoms with Gasteiger partial charge in [-0.2, -0.15) is 21.6 Å². The number of aliphatic hydroxyl groups is 1. The lowest BCUT2D eigenvalue weighted by Gasteiger charge is -2.26. The molecule has 49 heavy (non-hydrogen) atoms. The van der Waals surface area contributed by atoms with Crippen molar-refractivity contribution >= 4 is 27.5 Å². The van der Waals surface area contributed by atoms with Crippen molar-refractivity contribution in [2.24, 2.45) is 0 Å². The van der Waals surface area contributed by atoms with E-state index in [1.54, 1.807) is 24.3 Å². The van der Waals surface area contributed by atoms with E-state index in [2.05, 4.69) is 10.6 Å². The molecular formula is C33H39F5N4O6S. The summed E-state index contributed by atoms with van der Waals surface area (Å²) >= 11 is 0. The molecule has 0 heterocycles. The number of amides is 2. The molecule has 0 aliphatic heterocycles. The summed E-state index contributed by atoms with van der Waals surface area (Å²) in [6.07, 6.45) is -0.564. The summed E-state index contributed by atoms with van der Waals surface area (Å²) in [6, 6.07) is 11.3. The summed E-state index contributed by atoms with van der Waals surface area (Å²) in [5, 5.41) is 16.7. The maximum Gasteiger partial charge on any atom is 0.516 e. The molecule has 2 atom stereocenters. The Kier molecular flexibility index (Phi) is 13.9. The molecule has 4 N–H and O–H groups in total. The third kappa shape index (κ3) is 11.4. The molecule has 0 saturated carbocycles. The lowest BCUT2D eigenvalue weighted by atomic mass is 9.99. The van der Waals surface area contributed by atoms with Gasteiger partial charge in [0.05, 0.1) is 24.9 Å². The van der Waals surface area contributed by atoms with E-state index >= 15 is 0 Å². The summed E-state index contributed by atoms with van der Waals surface area (Å²) in [4.78, 5) is 28.4. The van der Waals surface area contributed by atoms with E-state index in [-0.39, 0.29) is 43.7 Å². The van der Waals surface area contributed by atoms with Crippen LogP contribution in [-0.2, 0) is 23.0 Å². The molecule has 10 nitrogen and oxygen atoms in total. The molecule has 16 heteroatoms. The number of anilines is 1. The lowest BCUT2D eigenvalue weighted by Crippen LogP contribution is -2.48. The second kappa shape index (κ2) is 17.4. The van der Waals surface area contributed by atoms with E-state index in [1.807, 2.05) is 13.8 Å². The number of benzene rings is 3. The van der Waals surface area contributed by atoms with Gasteiger partial charge in [-0.15, -0.1) is 0 Å². The number of nitrogens with one attached hydrogen (secondary N) is 3. The van der Waals surface area contributed by atoms with Crippen molar-refractivity contribution in [3.05, 3.63) is 94.6 Å². The summed E-state index contributed by atoms with van der Waals surface area (Å²) in [5.74, 6) is -2.86. The van der Waals surface area contributed by atoms with Crippen molar-refractivity contribution in [2.45, 2.75) is 57.3 Å². The predicted octanol–water partition coefficient (Wildman–Crippen LogP) is 4.99. The highest BCUT2D eigenvalue weighted by molar-refractivity contribution is 7.93. The Morgan fingerprint density at radius 3 is 2.14 bits per heavy atom. The summed E-state index contributed by atoms with van der Waals surface area (Å²) in [5.41, 5.74) is -6.20. The van der Waals surface area contributed by atoms with Crippen molar-refractivity contribution in [3.8, 4) is 5.75 Å². The molecule has 0 saturated heterocycles. The number of aliphatic hydroxyl groups excluding tert-OH is 1. The van der Waals surface area contributed by atoms with Gasteiger partial charge in [-0.3, -0.25) is 14.3 Å². The fourth-order valence-electron chi connectivity index (χ4n) is 5.00. The Bertz CT molecular complexity index is 1680. The van der Waals surface area contributed by atoms with Crippen LogP contribution in [0.1, 0.15) is 58.5 Å². The SMILES string of the molecule is CCCN(CCC)C(=O)c1cc(NS(=O)(=O)C(F)(F)F)cc(C(=O)N[C@@H](Cc2cc(F)cc(F)c2)[C@H](O)CNCc2cccc(OC)c2)c1. The van der Waals surface area contributed by atoms with Crippen LogP contribution in [0, 0.1) is 11.6 Å². The molecule has 268 valence electrons. The third-order valence-electron chi connectivity index (χ3n) is 7.25. The van der Waals surface area contributed by atoms with E-state index in [9.17, 15) is 45.1 Å². The van der Waals surface area contributed by atoms with Crippen LogP contribution in [0.2, 0.25) is 0 Å². The first kappa shape index (κ1) is 39.2. The number of carbonyl (C=O) groups excluding carboxylic acids is 2. The van der Waals surface area contributed by atoms with Gasteiger partial charge in [0, 0.05) is 43.4 Å². The minimum atomic E-state index is -5.93. The fourth-order valence-corrected chi connectivity index (χ4v) is 5.54. The number of methoxy groups -OCH3 is 1. The van der Waals surface area contributed by atoms with E-state index in [1.165, 1.54) is 16.7 Å². The zero-order valence-corrected chi connectivity index (χ0v) is 27.9. The molecule has 3 aromatic rings. The van der Waals surface area contributed by atoms with Gasteiger partial charge in [-0.05, 0) is 72.9 Å². The van der Waals surface area contributed by atoms with Gasteiger partial charge in [0.2, 0.25) is 0 Å². The third-order valence-corrected chi connectivity index (χ3v) is 8.36. The summed E-state index contributed by atoms with van der Waals surface area (Å²) < 4.78 is 98.3. The summed E-state index contributed by atoms with van der Waals surface area (Å²) in [6.45, 7) is 4.33. The average molecular weight is 715 g/mol. The number of halogens is 5. The minimum absolute atomic E-state index is 0.0759. The highest BCUT2D eigenvalue weighted by atomic mass is 32.2. The molecule has 0 aromatic heterocycles. The van der Waals surface area contributed by atoms with Gasteiger partial charge >= 0.3 is 15.5 Å². The van der Waals surface area contributed by atoms with Crippen molar-refractivity contribution in [1.82, 2.24) is 15.5 Å². The zero-order chi connectivity index (χ0) is 36.4. The molecule has 0 aliphatic rings. The van der Waals surface area contributed by atoms with Crippen LogP contribution in [-0.4, -0.2) is 74.6 Å². The van der Waals surface area contributed by atoms with E-state index in [0.717, 1.165) is 35.9 Å². The normalized spacial score (nSPS) is 13.0. The second-order valence-electron chi connectivity index (χ2n) is 11.3. The lowest BCUT2D eigenvalue weighted by molar-refractivity contribution is -0.0429. The summed E-state index contributed by atoms with van der Waals surface area (Å²) in [7, 11) is -4.43. The first-order valence-electron chi connectivity index (χ1n) is 15.4. The molecule has 0 unspecified atom stereocenters. The fraction of sp³-hybridized carbons (Fsp3) is 0.394.